The van der Waals surface area contributed by atoms with E-state index in [1.54, 1.807) is 0 Å². The molecule has 0 bridgehead atoms. The molecule has 1 aliphatic rings. The van der Waals surface area contributed by atoms with Crippen LogP contribution in [0.2, 0.25) is 10.0 Å². The number of anilines is 1. The van der Waals surface area contributed by atoms with Gasteiger partial charge in [0.1, 0.15) is 10.7 Å². The van der Waals surface area contributed by atoms with Crippen LogP contribution < -0.4 is 10.0 Å². The summed E-state index contributed by atoms with van der Waals surface area (Å²) in [7, 11) is -4.21. The second kappa shape index (κ2) is 6.82. The Morgan fingerprint density at radius 1 is 1.12 bits per heavy atom. The maximum absolute atomic E-state index is 13.7. The molecule has 0 unspecified atom stereocenters. The summed E-state index contributed by atoms with van der Waals surface area (Å²) in [6.07, 6.45) is 1.74. The molecule has 2 aromatic rings. The minimum Gasteiger partial charge on any atom is -0.349 e. The minimum atomic E-state index is -4.21. The third-order valence-electron chi connectivity index (χ3n) is 3.59. The highest BCUT2D eigenvalue weighted by Crippen LogP contribution is 2.31. The standard InChI is InChI=1S/C16H13Cl2FN2O3S/c17-11-8-12(18)15(7-10(11)16(22)20-9-5-6-9)25(23,24)21-14-4-2-1-3-13(14)19/h1-4,7-9,21H,5-6H2,(H,20,22). The van der Waals surface area contributed by atoms with Crippen molar-refractivity contribution in [1.29, 1.82) is 0 Å². The molecule has 0 heterocycles. The summed E-state index contributed by atoms with van der Waals surface area (Å²) < 4.78 is 41.0. The number of carbonyl (C=O) groups excluding carboxylic acids is 1. The Labute approximate surface area is 154 Å². The zero-order valence-corrected chi connectivity index (χ0v) is 15.1. The summed E-state index contributed by atoms with van der Waals surface area (Å²) in [5.74, 6) is -1.21. The van der Waals surface area contributed by atoms with Crippen LogP contribution in [0.5, 0.6) is 0 Å². The molecule has 9 heteroatoms. The van der Waals surface area contributed by atoms with Gasteiger partial charge < -0.3 is 5.32 Å². The van der Waals surface area contributed by atoms with Gasteiger partial charge >= 0.3 is 0 Å². The van der Waals surface area contributed by atoms with Crippen molar-refractivity contribution in [2.75, 3.05) is 4.72 Å². The maximum atomic E-state index is 13.7. The number of carbonyl (C=O) groups is 1. The SMILES string of the molecule is O=C(NC1CC1)c1cc(S(=O)(=O)Nc2ccccc2F)c(Cl)cc1Cl. The van der Waals surface area contributed by atoms with E-state index in [2.05, 4.69) is 10.0 Å². The van der Waals surface area contributed by atoms with E-state index in [1.165, 1.54) is 24.3 Å². The summed E-state index contributed by atoms with van der Waals surface area (Å²) >= 11 is 12.0. The largest absolute Gasteiger partial charge is 0.349 e. The quantitative estimate of drug-likeness (QED) is 0.797. The monoisotopic (exact) mass is 402 g/mol. The van der Waals surface area contributed by atoms with Gasteiger partial charge in [0, 0.05) is 6.04 Å². The molecule has 1 fully saturated rings. The van der Waals surface area contributed by atoms with Crippen molar-refractivity contribution in [3.63, 3.8) is 0 Å². The van der Waals surface area contributed by atoms with E-state index < -0.39 is 21.7 Å². The van der Waals surface area contributed by atoms with E-state index in [4.69, 9.17) is 23.2 Å². The smallest absolute Gasteiger partial charge is 0.263 e. The van der Waals surface area contributed by atoms with Gasteiger partial charge in [-0.2, -0.15) is 0 Å². The van der Waals surface area contributed by atoms with Crippen molar-refractivity contribution in [2.45, 2.75) is 23.8 Å². The van der Waals surface area contributed by atoms with Crippen molar-refractivity contribution in [2.24, 2.45) is 0 Å². The molecule has 0 saturated heterocycles. The summed E-state index contributed by atoms with van der Waals surface area (Å²) in [5.41, 5.74) is -0.232. The Hall–Kier alpha value is -1.83. The number of hydrogen-bond donors (Lipinski definition) is 2. The van der Waals surface area contributed by atoms with Gasteiger partial charge in [-0.3, -0.25) is 9.52 Å². The molecule has 0 aromatic heterocycles. The number of sulfonamides is 1. The van der Waals surface area contributed by atoms with Crippen LogP contribution in [-0.4, -0.2) is 20.4 Å². The molecule has 0 radical (unpaired) electrons. The second-order valence-electron chi connectivity index (χ2n) is 5.60. The average molecular weight is 403 g/mol. The molecule has 1 aliphatic carbocycles. The third-order valence-corrected chi connectivity index (χ3v) is 5.73. The first-order valence-electron chi connectivity index (χ1n) is 7.35. The van der Waals surface area contributed by atoms with Crippen LogP contribution in [0.25, 0.3) is 0 Å². The molecule has 0 spiro atoms. The Balaban J connectivity index is 1.97. The van der Waals surface area contributed by atoms with Crippen LogP contribution in [0, 0.1) is 5.82 Å². The molecule has 2 N–H and O–H groups in total. The van der Waals surface area contributed by atoms with Gasteiger partial charge in [0.2, 0.25) is 0 Å². The molecule has 2 aromatic carbocycles. The number of hydrogen-bond acceptors (Lipinski definition) is 3. The maximum Gasteiger partial charge on any atom is 0.263 e. The molecule has 1 saturated carbocycles. The number of amides is 1. The lowest BCUT2D eigenvalue weighted by Gasteiger charge is -2.13. The van der Waals surface area contributed by atoms with E-state index in [0.717, 1.165) is 25.0 Å². The van der Waals surface area contributed by atoms with E-state index in [-0.39, 0.29) is 32.2 Å². The van der Waals surface area contributed by atoms with Crippen molar-refractivity contribution >= 4 is 44.8 Å². The van der Waals surface area contributed by atoms with Gasteiger partial charge in [-0.05, 0) is 37.1 Å². The first-order valence-corrected chi connectivity index (χ1v) is 9.59. The highest BCUT2D eigenvalue weighted by Gasteiger charge is 2.27. The molecule has 5 nitrogen and oxygen atoms in total. The highest BCUT2D eigenvalue weighted by molar-refractivity contribution is 7.92. The normalized spacial score (nSPS) is 14.2. The Bertz CT molecular complexity index is 946. The predicted molar refractivity (Wildman–Crippen MR) is 94.2 cm³/mol. The zero-order chi connectivity index (χ0) is 18.2. The molecular formula is C16H13Cl2FN2O3S. The average Bonchev–Trinajstić information content (AvgIpc) is 3.33. The molecule has 3 rings (SSSR count). The summed E-state index contributed by atoms with van der Waals surface area (Å²) in [4.78, 5) is 11.8. The van der Waals surface area contributed by atoms with E-state index in [1.807, 2.05) is 0 Å². The number of halogens is 3. The summed E-state index contributed by atoms with van der Waals surface area (Å²) in [6.45, 7) is 0. The highest BCUT2D eigenvalue weighted by atomic mass is 35.5. The van der Waals surface area contributed by atoms with Gasteiger partial charge in [-0.25, -0.2) is 12.8 Å². The number of para-hydroxylation sites is 1. The van der Waals surface area contributed by atoms with Crippen LogP contribution >= 0.6 is 23.2 Å². The second-order valence-corrected chi connectivity index (χ2v) is 8.06. The van der Waals surface area contributed by atoms with Gasteiger partial charge in [0.05, 0.1) is 21.3 Å². The van der Waals surface area contributed by atoms with Gasteiger partial charge in [0.25, 0.3) is 15.9 Å². The topological polar surface area (TPSA) is 75.3 Å². The van der Waals surface area contributed by atoms with Crippen LogP contribution in [0.15, 0.2) is 41.3 Å². The van der Waals surface area contributed by atoms with Crippen molar-refractivity contribution in [3.8, 4) is 0 Å². The molecule has 1 amide bonds. The first-order chi connectivity index (χ1) is 11.8. The van der Waals surface area contributed by atoms with Crippen LogP contribution in [0.4, 0.5) is 10.1 Å². The Morgan fingerprint density at radius 3 is 2.44 bits per heavy atom. The minimum absolute atomic E-state index is 0.00752. The Morgan fingerprint density at radius 2 is 1.80 bits per heavy atom. The fourth-order valence-corrected chi connectivity index (χ4v) is 4.07. The van der Waals surface area contributed by atoms with Gasteiger partial charge in [0.15, 0.2) is 0 Å². The van der Waals surface area contributed by atoms with Crippen molar-refractivity contribution in [3.05, 3.63) is 57.8 Å². The first kappa shape index (κ1) is 18.0. The summed E-state index contributed by atoms with van der Waals surface area (Å²) in [5, 5.41) is 2.59. The zero-order valence-electron chi connectivity index (χ0n) is 12.7. The number of benzene rings is 2. The van der Waals surface area contributed by atoms with Gasteiger partial charge in [-0.1, -0.05) is 35.3 Å². The van der Waals surface area contributed by atoms with E-state index in [0.29, 0.717) is 0 Å². The van der Waals surface area contributed by atoms with Crippen LogP contribution in [0.1, 0.15) is 23.2 Å². The lowest BCUT2D eigenvalue weighted by Crippen LogP contribution is -2.26. The van der Waals surface area contributed by atoms with Gasteiger partial charge in [-0.15, -0.1) is 0 Å². The fraction of sp³-hybridized carbons (Fsp3) is 0.188. The van der Waals surface area contributed by atoms with Crippen LogP contribution in [-0.2, 0) is 10.0 Å². The Kier molecular flexibility index (Phi) is 4.90. The number of nitrogens with one attached hydrogen (secondary N) is 2. The third kappa shape index (κ3) is 4.05. The van der Waals surface area contributed by atoms with E-state index in [9.17, 15) is 17.6 Å². The fourth-order valence-electron chi connectivity index (χ4n) is 2.14. The molecule has 0 atom stereocenters. The molecule has 25 heavy (non-hydrogen) atoms. The van der Waals surface area contributed by atoms with Crippen molar-refractivity contribution < 1.29 is 17.6 Å². The van der Waals surface area contributed by atoms with E-state index >= 15 is 0 Å². The number of rotatable bonds is 5. The van der Waals surface area contributed by atoms with Crippen LogP contribution in [0.3, 0.4) is 0 Å². The molecule has 132 valence electrons. The summed E-state index contributed by atoms with van der Waals surface area (Å²) in [6, 6.07) is 7.66. The molecular weight excluding hydrogens is 390 g/mol. The lowest BCUT2D eigenvalue weighted by atomic mass is 10.2. The lowest BCUT2D eigenvalue weighted by molar-refractivity contribution is 0.0951. The molecule has 0 aliphatic heterocycles. The predicted octanol–water partition coefficient (Wildman–Crippen LogP) is 3.83. The van der Waals surface area contributed by atoms with Crippen molar-refractivity contribution in [1.82, 2.24) is 5.32 Å².